The molecule has 1 amide bonds. The lowest BCUT2D eigenvalue weighted by molar-refractivity contribution is -0.384. The molecule has 0 aliphatic carbocycles. The Morgan fingerprint density at radius 2 is 2.15 bits per heavy atom. The molecule has 0 spiro atoms. The molecule has 0 bridgehead atoms. The van der Waals surface area contributed by atoms with Gasteiger partial charge in [-0.05, 0) is 18.2 Å². The number of hydrogen-bond acceptors (Lipinski definition) is 7. The average Bonchev–Trinajstić information content (AvgIpc) is 3.07. The van der Waals surface area contributed by atoms with Crippen LogP contribution in [-0.2, 0) is 0 Å². The van der Waals surface area contributed by atoms with E-state index in [2.05, 4.69) is 10.5 Å². The Morgan fingerprint density at radius 3 is 2.85 bits per heavy atom. The lowest BCUT2D eigenvalue weighted by Crippen LogP contribution is -2.16. The molecule has 0 saturated heterocycles. The summed E-state index contributed by atoms with van der Waals surface area (Å²) in [7, 11) is 1.39. The van der Waals surface area contributed by atoms with Crippen LogP contribution in [0.1, 0.15) is 15.2 Å². The molecule has 0 aliphatic rings. The van der Waals surface area contributed by atoms with E-state index >= 15 is 0 Å². The second-order valence-electron chi connectivity index (χ2n) is 5.33. The van der Waals surface area contributed by atoms with Crippen molar-refractivity contribution in [3.05, 3.63) is 62.0 Å². The Kier molecular flexibility index (Phi) is 5.24. The fraction of sp³-hybridized carbons (Fsp3) is 0.0588. The van der Waals surface area contributed by atoms with Crippen molar-refractivity contribution in [3.63, 3.8) is 0 Å². The molecule has 1 heterocycles. The van der Waals surface area contributed by atoms with E-state index in [1.54, 1.807) is 12.1 Å². The van der Waals surface area contributed by atoms with Crippen LogP contribution < -0.4 is 10.2 Å². The van der Waals surface area contributed by atoms with Crippen molar-refractivity contribution >= 4 is 50.8 Å². The third kappa shape index (κ3) is 3.99. The number of non-ortho nitro benzene ring substituents is 1. The number of ether oxygens (including phenoxy) is 1. The van der Waals surface area contributed by atoms with Crippen molar-refractivity contribution < 1.29 is 19.6 Å². The van der Waals surface area contributed by atoms with Crippen molar-refractivity contribution in [1.82, 2.24) is 5.43 Å². The lowest BCUT2D eigenvalue weighted by atomic mass is 10.2. The standard InChI is InChI=1S/C17H12ClN3O5S/c1-26-13-7-11(18)4-10(16(13)22)8-19-20-17(23)15-6-9-5-12(21(24)25)2-3-14(9)27-15/h2-8,22H,1H3,(H,20,23)/b19-8+. The summed E-state index contributed by atoms with van der Waals surface area (Å²) in [6.07, 6.45) is 1.24. The highest BCUT2D eigenvalue weighted by molar-refractivity contribution is 7.20. The predicted molar refractivity (Wildman–Crippen MR) is 103 cm³/mol. The summed E-state index contributed by atoms with van der Waals surface area (Å²) < 4.78 is 5.74. The molecule has 27 heavy (non-hydrogen) atoms. The first-order chi connectivity index (χ1) is 12.9. The monoisotopic (exact) mass is 405 g/mol. The van der Waals surface area contributed by atoms with Crippen LogP contribution in [0.4, 0.5) is 5.69 Å². The maximum absolute atomic E-state index is 12.2. The van der Waals surface area contributed by atoms with Gasteiger partial charge in [-0.3, -0.25) is 14.9 Å². The topological polar surface area (TPSA) is 114 Å². The Hall–Kier alpha value is -3.17. The number of hydrogen-bond donors (Lipinski definition) is 2. The minimum Gasteiger partial charge on any atom is -0.504 e. The van der Waals surface area contributed by atoms with Crippen LogP contribution in [0.2, 0.25) is 5.02 Å². The van der Waals surface area contributed by atoms with Crippen LogP contribution in [0.25, 0.3) is 10.1 Å². The SMILES string of the molecule is COc1cc(Cl)cc(/C=N/NC(=O)c2cc3cc([N+](=O)[O-])ccc3s2)c1O. The first-order valence-electron chi connectivity index (χ1n) is 7.47. The quantitative estimate of drug-likeness (QED) is 0.379. The van der Waals surface area contributed by atoms with Crippen molar-refractivity contribution in [2.75, 3.05) is 7.11 Å². The average molecular weight is 406 g/mol. The van der Waals surface area contributed by atoms with Gasteiger partial charge in [-0.1, -0.05) is 11.6 Å². The van der Waals surface area contributed by atoms with Crippen molar-refractivity contribution in [1.29, 1.82) is 0 Å². The zero-order chi connectivity index (χ0) is 19.6. The molecular weight excluding hydrogens is 394 g/mol. The number of aromatic hydroxyl groups is 1. The van der Waals surface area contributed by atoms with E-state index in [1.807, 2.05) is 0 Å². The highest BCUT2D eigenvalue weighted by atomic mass is 35.5. The summed E-state index contributed by atoms with van der Waals surface area (Å²) in [6, 6.07) is 8.85. The summed E-state index contributed by atoms with van der Waals surface area (Å²) in [5.74, 6) is -0.459. The number of phenolic OH excluding ortho intramolecular Hbond substituents is 1. The van der Waals surface area contributed by atoms with E-state index in [9.17, 15) is 20.0 Å². The van der Waals surface area contributed by atoms with E-state index in [0.29, 0.717) is 15.3 Å². The number of benzene rings is 2. The number of rotatable bonds is 5. The van der Waals surface area contributed by atoms with Gasteiger partial charge in [0, 0.05) is 38.9 Å². The molecule has 0 atom stereocenters. The number of nitro benzene ring substituents is 1. The number of methoxy groups -OCH3 is 1. The molecule has 0 radical (unpaired) electrons. The van der Waals surface area contributed by atoms with Gasteiger partial charge >= 0.3 is 0 Å². The third-order valence-electron chi connectivity index (χ3n) is 3.59. The minimum absolute atomic E-state index is 0.0457. The molecule has 0 unspecified atom stereocenters. The van der Waals surface area contributed by atoms with Crippen LogP contribution in [0.15, 0.2) is 41.5 Å². The van der Waals surface area contributed by atoms with E-state index < -0.39 is 10.8 Å². The number of amides is 1. The Balaban J connectivity index is 1.78. The van der Waals surface area contributed by atoms with Crippen LogP contribution in [0, 0.1) is 10.1 Å². The van der Waals surface area contributed by atoms with E-state index in [-0.39, 0.29) is 22.7 Å². The molecule has 2 aromatic carbocycles. The molecule has 3 aromatic rings. The maximum atomic E-state index is 12.2. The highest BCUT2D eigenvalue weighted by Gasteiger charge is 2.13. The van der Waals surface area contributed by atoms with E-state index in [1.165, 1.54) is 48.9 Å². The second kappa shape index (κ2) is 7.60. The van der Waals surface area contributed by atoms with Crippen molar-refractivity contribution in [3.8, 4) is 11.5 Å². The molecule has 0 aliphatic heterocycles. The maximum Gasteiger partial charge on any atom is 0.281 e. The third-order valence-corrected chi connectivity index (χ3v) is 4.93. The van der Waals surface area contributed by atoms with Gasteiger partial charge in [0.25, 0.3) is 11.6 Å². The molecule has 3 rings (SSSR count). The van der Waals surface area contributed by atoms with Crippen molar-refractivity contribution in [2.45, 2.75) is 0 Å². The number of hydrazone groups is 1. The molecule has 138 valence electrons. The van der Waals surface area contributed by atoms with Gasteiger partial charge in [0.15, 0.2) is 11.5 Å². The molecule has 0 saturated carbocycles. The minimum atomic E-state index is -0.493. The second-order valence-corrected chi connectivity index (χ2v) is 6.86. The molecular formula is C17H12ClN3O5S. The fourth-order valence-corrected chi connectivity index (χ4v) is 3.47. The van der Waals surface area contributed by atoms with Gasteiger partial charge in [-0.25, -0.2) is 5.43 Å². The number of phenols is 1. The smallest absolute Gasteiger partial charge is 0.281 e. The van der Waals surface area contributed by atoms with Gasteiger partial charge in [0.2, 0.25) is 0 Å². The van der Waals surface area contributed by atoms with Crippen LogP contribution in [0.3, 0.4) is 0 Å². The lowest BCUT2D eigenvalue weighted by Gasteiger charge is -2.06. The van der Waals surface area contributed by atoms with Gasteiger partial charge in [0.1, 0.15) is 0 Å². The van der Waals surface area contributed by atoms with Crippen LogP contribution in [0.5, 0.6) is 11.5 Å². The van der Waals surface area contributed by atoms with E-state index in [0.717, 1.165) is 4.70 Å². The Labute approximate surface area is 161 Å². The van der Waals surface area contributed by atoms with Gasteiger partial charge < -0.3 is 9.84 Å². The number of nitrogens with one attached hydrogen (secondary N) is 1. The summed E-state index contributed by atoms with van der Waals surface area (Å²) in [4.78, 5) is 22.9. The van der Waals surface area contributed by atoms with Gasteiger partial charge in [-0.15, -0.1) is 11.3 Å². The molecule has 2 N–H and O–H groups in total. The summed E-state index contributed by atoms with van der Waals surface area (Å²) in [5.41, 5.74) is 2.57. The summed E-state index contributed by atoms with van der Waals surface area (Å²) in [6.45, 7) is 0. The fourth-order valence-electron chi connectivity index (χ4n) is 2.32. The zero-order valence-electron chi connectivity index (χ0n) is 13.8. The van der Waals surface area contributed by atoms with Crippen LogP contribution >= 0.6 is 22.9 Å². The molecule has 1 aromatic heterocycles. The largest absolute Gasteiger partial charge is 0.504 e. The highest BCUT2D eigenvalue weighted by Crippen LogP contribution is 2.32. The molecule has 8 nitrogen and oxygen atoms in total. The number of nitro groups is 1. The first-order valence-corrected chi connectivity index (χ1v) is 8.66. The Morgan fingerprint density at radius 1 is 1.37 bits per heavy atom. The predicted octanol–water partition coefficient (Wildman–Crippen LogP) is 3.94. The van der Waals surface area contributed by atoms with Gasteiger partial charge in [-0.2, -0.15) is 5.10 Å². The van der Waals surface area contributed by atoms with Crippen LogP contribution in [-0.4, -0.2) is 29.3 Å². The normalized spacial score (nSPS) is 11.0. The number of fused-ring (bicyclic) bond motifs is 1. The molecule has 0 fully saturated rings. The number of carbonyl (C=O) groups excluding carboxylic acids is 1. The van der Waals surface area contributed by atoms with E-state index in [4.69, 9.17) is 16.3 Å². The number of thiophene rings is 1. The number of halogens is 1. The van der Waals surface area contributed by atoms with Crippen molar-refractivity contribution in [2.24, 2.45) is 5.10 Å². The molecule has 10 heteroatoms. The number of nitrogens with zero attached hydrogens (tertiary/aromatic N) is 2. The first kappa shape index (κ1) is 18.6. The summed E-state index contributed by atoms with van der Waals surface area (Å²) in [5, 5.41) is 25.6. The number of carbonyl (C=O) groups is 1. The van der Waals surface area contributed by atoms with Gasteiger partial charge in [0.05, 0.1) is 23.1 Å². The Bertz CT molecular complexity index is 1080. The zero-order valence-corrected chi connectivity index (χ0v) is 15.4. The summed E-state index contributed by atoms with van der Waals surface area (Å²) >= 11 is 7.12.